The van der Waals surface area contributed by atoms with E-state index in [9.17, 15) is 9.59 Å². The summed E-state index contributed by atoms with van der Waals surface area (Å²) in [5.74, 6) is -0.197. The van der Waals surface area contributed by atoms with Crippen molar-refractivity contribution >= 4 is 29.3 Å². The lowest BCUT2D eigenvalue weighted by atomic mass is 10.1. The van der Waals surface area contributed by atoms with Crippen molar-refractivity contribution in [2.24, 2.45) is 0 Å². The largest absolute Gasteiger partial charge is 0.457 e. The first kappa shape index (κ1) is 20.0. The predicted octanol–water partition coefficient (Wildman–Crippen LogP) is 2.99. The second-order valence-electron chi connectivity index (χ2n) is 6.38. The summed E-state index contributed by atoms with van der Waals surface area (Å²) in [5, 5.41) is 4.99. The summed E-state index contributed by atoms with van der Waals surface area (Å²) in [6.07, 6.45) is 2.82. The van der Waals surface area contributed by atoms with Crippen molar-refractivity contribution in [3.8, 4) is 0 Å². The topological polar surface area (TPSA) is 86.5 Å². The number of carbonyl (C=O) groups excluding carboxylic acids is 2. The van der Waals surface area contributed by atoms with Gasteiger partial charge in [0.05, 0.1) is 6.42 Å². The Hall–Kier alpha value is -2.74. The average molecular weight is 398 g/mol. The van der Waals surface area contributed by atoms with Crippen LogP contribution in [0.3, 0.4) is 0 Å². The number of aryl methyl sites for hydroxylation is 3. The minimum Gasteiger partial charge on any atom is -0.457 e. The van der Waals surface area contributed by atoms with Crippen LogP contribution in [-0.4, -0.2) is 44.2 Å². The second-order valence-corrected chi connectivity index (χ2v) is 7.16. The highest BCUT2D eigenvalue weighted by Crippen LogP contribution is 2.17. The summed E-state index contributed by atoms with van der Waals surface area (Å²) >= 11 is 1.43. The summed E-state index contributed by atoms with van der Waals surface area (Å²) < 4.78 is 6.83. The molecule has 0 amide bonds. The number of esters is 1. The SMILES string of the molecule is CCc1ccc(C(=O)COC(=O)Cc2c(C)nc3nc(SC)nn3c2C)cc1. The Bertz CT molecular complexity index is 1030. The number of ether oxygens (including phenoxy) is 1. The summed E-state index contributed by atoms with van der Waals surface area (Å²) in [6.45, 7) is 5.46. The molecule has 0 bridgehead atoms. The Kier molecular flexibility index (Phi) is 6.08. The lowest BCUT2D eigenvalue weighted by Gasteiger charge is -2.10. The number of thioether (sulfide) groups is 1. The van der Waals surface area contributed by atoms with Gasteiger partial charge < -0.3 is 4.74 Å². The zero-order chi connectivity index (χ0) is 20.3. The van der Waals surface area contributed by atoms with Crippen molar-refractivity contribution in [3.63, 3.8) is 0 Å². The minimum atomic E-state index is -0.476. The van der Waals surface area contributed by atoms with E-state index < -0.39 is 5.97 Å². The summed E-state index contributed by atoms with van der Waals surface area (Å²) in [7, 11) is 0. The van der Waals surface area contributed by atoms with Gasteiger partial charge in [-0.3, -0.25) is 9.59 Å². The quantitative estimate of drug-likeness (QED) is 0.343. The van der Waals surface area contributed by atoms with Gasteiger partial charge in [0.1, 0.15) is 0 Å². The van der Waals surface area contributed by atoms with Crippen LogP contribution in [0, 0.1) is 13.8 Å². The number of Topliss-reactive ketones (excluding diaryl/α,β-unsaturated/α-hetero) is 1. The molecule has 0 unspecified atom stereocenters. The molecule has 0 atom stereocenters. The van der Waals surface area contributed by atoms with Crippen LogP contribution in [0.1, 0.15) is 39.8 Å². The Labute approximate surface area is 167 Å². The van der Waals surface area contributed by atoms with E-state index in [4.69, 9.17) is 4.74 Å². The molecule has 0 N–H and O–H groups in total. The van der Waals surface area contributed by atoms with Crippen molar-refractivity contribution in [2.45, 2.75) is 38.8 Å². The van der Waals surface area contributed by atoms with E-state index in [1.807, 2.05) is 32.2 Å². The van der Waals surface area contributed by atoms with E-state index in [1.165, 1.54) is 11.8 Å². The highest BCUT2D eigenvalue weighted by atomic mass is 32.2. The molecule has 3 aromatic rings. The fourth-order valence-electron chi connectivity index (χ4n) is 2.88. The van der Waals surface area contributed by atoms with Crippen molar-refractivity contribution in [3.05, 3.63) is 52.3 Å². The van der Waals surface area contributed by atoms with E-state index in [2.05, 4.69) is 22.0 Å². The maximum atomic E-state index is 12.3. The molecular formula is C20H22N4O3S. The lowest BCUT2D eigenvalue weighted by Crippen LogP contribution is -2.18. The standard InChI is InChI=1S/C20H22N4O3S/c1-5-14-6-8-15(9-7-14)17(25)11-27-18(26)10-16-12(2)21-19-22-20(28-4)23-24(19)13(16)3/h6-9H,5,10-11H2,1-4H3. The molecule has 0 radical (unpaired) electrons. The third-order valence-electron chi connectivity index (χ3n) is 4.58. The molecule has 3 rings (SSSR count). The van der Waals surface area contributed by atoms with Gasteiger partial charge in [-0.25, -0.2) is 9.50 Å². The maximum Gasteiger partial charge on any atom is 0.310 e. The molecule has 2 aromatic heterocycles. The number of nitrogens with zero attached hydrogens (tertiary/aromatic N) is 4. The normalized spacial score (nSPS) is 11.0. The first-order chi connectivity index (χ1) is 13.4. The zero-order valence-electron chi connectivity index (χ0n) is 16.4. The number of hydrogen-bond donors (Lipinski definition) is 0. The summed E-state index contributed by atoms with van der Waals surface area (Å²) in [5.41, 5.74) is 3.90. The van der Waals surface area contributed by atoms with Crippen LogP contribution in [0.4, 0.5) is 0 Å². The molecular weight excluding hydrogens is 376 g/mol. The van der Waals surface area contributed by atoms with Gasteiger partial charge in [0, 0.05) is 22.5 Å². The first-order valence-corrected chi connectivity index (χ1v) is 10.2. The van der Waals surface area contributed by atoms with Crippen LogP contribution < -0.4 is 0 Å². The number of aromatic nitrogens is 4. The van der Waals surface area contributed by atoms with Gasteiger partial charge in [0.25, 0.3) is 5.78 Å². The van der Waals surface area contributed by atoms with Crippen molar-refractivity contribution in [1.82, 2.24) is 19.6 Å². The van der Waals surface area contributed by atoms with Crippen molar-refractivity contribution in [1.29, 1.82) is 0 Å². The zero-order valence-corrected chi connectivity index (χ0v) is 17.2. The van der Waals surface area contributed by atoms with E-state index in [-0.39, 0.29) is 18.8 Å². The fourth-order valence-corrected chi connectivity index (χ4v) is 3.22. The van der Waals surface area contributed by atoms with Crippen molar-refractivity contribution in [2.75, 3.05) is 12.9 Å². The van der Waals surface area contributed by atoms with Gasteiger partial charge in [0.15, 0.2) is 12.4 Å². The van der Waals surface area contributed by atoms with Gasteiger partial charge in [0.2, 0.25) is 5.16 Å². The van der Waals surface area contributed by atoms with E-state index in [0.717, 1.165) is 23.2 Å². The highest BCUT2D eigenvalue weighted by molar-refractivity contribution is 7.98. The number of hydrogen-bond acceptors (Lipinski definition) is 7. The maximum absolute atomic E-state index is 12.3. The summed E-state index contributed by atoms with van der Waals surface area (Å²) in [4.78, 5) is 33.3. The molecule has 0 aliphatic heterocycles. The Morgan fingerprint density at radius 2 is 1.86 bits per heavy atom. The predicted molar refractivity (Wildman–Crippen MR) is 107 cm³/mol. The fraction of sp³-hybridized carbons (Fsp3) is 0.350. The molecule has 8 heteroatoms. The van der Waals surface area contributed by atoms with Crippen LogP contribution >= 0.6 is 11.8 Å². The van der Waals surface area contributed by atoms with Crippen LogP contribution in [0.2, 0.25) is 0 Å². The van der Waals surface area contributed by atoms with Gasteiger partial charge >= 0.3 is 5.97 Å². The molecule has 7 nitrogen and oxygen atoms in total. The number of fused-ring (bicyclic) bond motifs is 1. The van der Waals surface area contributed by atoms with Crippen molar-refractivity contribution < 1.29 is 14.3 Å². The Morgan fingerprint density at radius 1 is 1.14 bits per heavy atom. The van der Waals surface area contributed by atoms with Crippen LogP contribution in [0.5, 0.6) is 0 Å². The highest BCUT2D eigenvalue weighted by Gasteiger charge is 2.17. The number of ketones is 1. The monoisotopic (exact) mass is 398 g/mol. The molecule has 0 saturated heterocycles. The lowest BCUT2D eigenvalue weighted by molar-refractivity contribution is -0.141. The Balaban J connectivity index is 1.68. The molecule has 0 spiro atoms. The molecule has 2 heterocycles. The van der Waals surface area contributed by atoms with E-state index >= 15 is 0 Å². The van der Waals surface area contributed by atoms with Crippen LogP contribution in [-0.2, 0) is 22.4 Å². The smallest absolute Gasteiger partial charge is 0.310 e. The van der Waals surface area contributed by atoms with Crippen LogP contribution in [0.15, 0.2) is 29.4 Å². The van der Waals surface area contributed by atoms with Crippen LogP contribution in [0.25, 0.3) is 5.78 Å². The molecule has 0 aliphatic carbocycles. The van der Waals surface area contributed by atoms with E-state index in [1.54, 1.807) is 16.6 Å². The third kappa shape index (κ3) is 4.22. The third-order valence-corrected chi connectivity index (χ3v) is 5.12. The molecule has 0 aliphatic rings. The Morgan fingerprint density at radius 3 is 2.50 bits per heavy atom. The number of benzene rings is 1. The average Bonchev–Trinajstić information content (AvgIpc) is 3.12. The minimum absolute atomic E-state index is 0.0249. The molecule has 1 aromatic carbocycles. The molecule has 28 heavy (non-hydrogen) atoms. The van der Waals surface area contributed by atoms with Gasteiger partial charge in [-0.2, -0.15) is 4.98 Å². The summed E-state index contributed by atoms with van der Waals surface area (Å²) in [6, 6.07) is 7.33. The van der Waals surface area contributed by atoms with E-state index in [0.29, 0.717) is 22.2 Å². The molecule has 0 fully saturated rings. The molecule has 146 valence electrons. The second kappa shape index (κ2) is 8.52. The van der Waals surface area contributed by atoms with Gasteiger partial charge in [-0.05, 0) is 32.1 Å². The number of carbonyl (C=O) groups is 2. The molecule has 0 saturated carbocycles. The van der Waals surface area contributed by atoms with Gasteiger partial charge in [-0.1, -0.05) is 43.0 Å². The first-order valence-electron chi connectivity index (χ1n) is 8.97. The number of rotatable bonds is 7. The van der Waals surface area contributed by atoms with Gasteiger partial charge in [-0.15, -0.1) is 5.10 Å².